The lowest BCUT2D eigenvalue weighted by Gasteiger charge is -2.30. The highest BCUT2D eigenvalue weighted by molar-refractivity contribution is 4.83. The van der Waals surface area contributed by atoms with Crippen LogP contribution in [0.25, 0.3) is 0 Å². The zero-order valence-corrected chi connectivity index (χ0v) is 8.92. The molecule has 0 aromatic carbocycles. The van der Waals surface area contributed by atoms with Crippen molar-refractivity contribution in [1.29, 1.82) is 0 Å². The molecule has 0 unspecified atom stereocenters. The largest absolute Gasteiger partial charge is 0.412 e. The molecule has 0 heterocycles. The SMILES string of the molecule is C/C=C\CN(C)C1CCCCC1.O. The summed E-state index contributed by atoms with van der Waals surface area (Å²) < 4.78 is 0. The molecule has 0 saturated heterocycles. The number of allylic oxidation sites excluding steroid dienone is 1. The van der Waals surface area contributed by atoms with Crippen LogP contribution in [0.15, 0.2) is 12.2 Å². The summed E-state index contributed by atoms with van der Waals surface area (Å²) in [5.74, 6) is 0. The minimum absolute atomic E-state index is 0. The maximum Gasteiger partial charge on any atom is 0.0162 e. The Kier molecular flexibility index (Phi) is 6.92. The van der Waals surface area contributed by atoms with Crippen LogP contribution >= 0.6 is 0 Å². The van der Waals surface area contributed by atoms with E-state index in [9.17, 15) is 0 Å². The van der Waals surface area contributed by atoms with Gasteiger partial charge in [0.05, 0.1) is 0 Å². The summed E-state index contributed by atoms with van der Waals surface area (Å²) in [6.07, 6.45) is 11.5. The zero-order chi connectivity index (χ0) is 8.81. The first-order valence-electron chi connectivity index (χ1n) is 5.16. The van der Waals surface area contributed by atoms with Crippen molar-refractivity contribution in [2.24, 2.45) is 0 Å². The van der Waals surface area contributed by atoms with Crippen molar-refractivity contribution >= 4 is 0 Å². The second kappa shape index (κ2) is 7.10. The summed E-state index contributed by atoms with van der Waals surface area (Å²) in [7, 11) is 2.25. The molecular formula is C11H23NO. The van der Waals surface area contributed by atoms with Crippen molar-refractivity contribution in [2.75, 3.05) is 13.6 Å². The number of rotatable bonds is 3. The van der Waals surface area contributed by atoms with E-state index < -0.39 is 0 Å². The molecule has 0 spiro atoms. The summed E-state index contributed by atoms with van der Waals surface area (Å²) in [6, 6.07) is 0.856. The van der Waals surface area contributed by atoms with Gasteiger partial charge in [-0.1, -0.05) is 31.4 Å². The average Bonchev–Trinajstić information content (AvgIpc) is 2.15. The van der Waals surface area contributed by atoms with Crippen molar-refractivity contribution in [1.82, 2.24) is 4.90 Å². The Morgan fingerprint density at radius 2 is 1.85 bits per heavy atom. The maximum absolute atomic E-state index is 2.49. The standard InChI is InChI=1S/C11H21N.H2O/c1-3-4-10-12(2)11-8-6-5-7-9-11;/h3-4,11H,5-10H2,1-2H3;1H2/b4-3-;. The van der Waals surface area contributed by atoms with Gasteiger partial charge in [-0.15, -0.1) is 0 Å². The molecule has 1 fully saturated rings. The molecule has 0 bridgehead atoms. The van der Waals surface area contributed by atoms with Crippen LogP contribution in [0.2, 0.25) is 0 Å². The fourth-order valence-corrected chi connectivity index (χ4v) is 1.94. The summed E-state index contributed by atoms with van der Waals surface area (Å²) in [5, 5.41) is 0. The van der Waals surface area contributed by atoms with Gasteiger partial charge in [-0.25, -0.2) is 0 Å². The lowest BCUT2D eigenvalue weighted by atomic mass is 9.94. The molecule has 1 saturated carbocycles. The molecule has 13 heavy (non-hydrogen) atoms. The molecule has 1 aliphatic carbocycles. The summed E-state index contributed by atoms with van der Waals surface area (Å²) in [5.41, 5.74) is 0. The smallest absolute Gasteiger partial charge is 0.0162 e. The summed E-state index contributed by atoms with van der Waals surface area (Å²) >= 11 is 0. The van der Waals surface area contributed by atoms with Crippen LogP contribution in [0.4, 0.5) is 0 Å². The van der Waals surface area contributed by atoms with Gasteiger partial charge in [-0.2, -0.15) is 0 Å². The summed E-state index contributed by atoms with van der Waals surface area (Å²) in [6.45, 7) is 3.22. The monoisotopic (exact) mass is 185 g/mol. The molecular weight excluding hydrogens is 162 g/mol. The van der Waals surface area contributed by atoms with Crippen LogP contribution in [-0.2, 0) is 0 Å². The highest BCUT2D eigenvalue weighted by atomic mass is 16.0. The molecule has 1 rings (SSSR count). The Bertz CT molecular complexity index is 139. The van der Waals surface area contributed by atoms with Gasteiger partial charge < -0.3 is 5.48 Å². The van der Waals surface area contributed by atoms with E-state index in [2.05, 4.69) is 31.0 Å². The molecule has 2 heteroatoms. The Labute approximate surface area is 81.9 Å². The van der Waals surface area contributed by atoms with Crippen LogP contribution in [0.5, 0.6) is 0 Å². The molecule has 0 atom stereocenters. The van der Waals surface area contributed by atoms with Crippen LogP contribution < -0.4 is 0 Å². The van der Waals surface area contributed by atoms with E-state index in [-0.39, 0.29) is 5.48 Å². The van der Waals surface area contributed by atoms with Gasteiger partial charge in [0, 0.05) is 12.6 Å². The Morgan fingerprint density at radius 1 is 1.23 bits per heavy atom. The summed E-state index contributed by atoms with van der Waals surface area (Å²) in [4.78, 5) is 2.49. The van der Waals surface area contributed by atoms with E-state index in [0.717, 1.165) is 12.6 Å². The molecule has 2 nitrogen and oxygen atoms in total. The van der Waals surface area contributed by atoms with E-state index in [1.807, 2.05) is 0 Å². The van der Waals surface area contributed by atoms with Gasteiger partial charge in [0.2, 0.25) is 0 Å². The molecule has 0 aromatic rings. The molecule has 0 radical (unpaired) electrons. The topological polar surface area (TPSA) is 34.7 Å². The van der Waals surface area contributed by atoms with Crippen LogP contribution in [0, 0.1) is 0 Å². The van der Waals surface area contributed by atoms with E-state index in [0.29, 0.717) is 0 Å². The minimum Gasteiger partial charge on any atom is -0.412 e. The minimum atomic E-state index is 0. The third-order valence-corrected chi connectivity index (χ3v) is 2.83. The average molecular weight is 185 g/mol. The molecule has 78 valence electrons. The fourth-order valence-electron chi connectivity index (χ4n) is 1.94. The van der Waals surface area contributed by atoms with Crippen molar-refractivity contribution < 1.29 is 5.48 Å². The third kappa shape index (κ3) is 4.44. The van der Waals surface area contributed by atoms with Crippen molar-refractivity contribution in [3.05, 3.63) is 12.2 Å². The number of hydrogen-bond donors (Lipinski definition) is 0. The molecule has 1 aliphatic rings. The first-order valence-corrected chi connectivity index (χ1v) is 5.16. The zero-order valence-electron chi connectivity index (χ0n) is 8.92. The van der Waals surface area contributed by atoms with Crippen LogP contribution in [0.3, 0.4) is 0 Å². The third-order valence-electron chi connectivity index (χ3n) is 2.83. The number of likely N-dealkylation sites (N-methyl/N-ethyl adjacent to an activating group) is 1. The Hall–Kier alpha value is -0.340. The van der Waals surface area contributed by atoms with Gasteiger partial charge in [0.15, 0.2) is 0 Å². The Balaban J connectivity index is 0.00000144. The van der Waals surface area contributed by atoms with E-state index in [1.165, 1.54) is 32.1 Å². The lowest BCUT2D eigenvalue weighted by molar-refractivity contribution is 0.209. The predicted octanol–water partition coefficient (Wildman–Crippen LogP) is 2.00. The molecule has 2 N–H and O–H groups in total. The highest BCUT2D eigenvalue weighted by Crippen LogP contribution is 2.21. The predicted molar refractivity (Wildman–Crippen MR) is 57.9 cm³/mol. The van der Waals surface area contributed by atoms with Crippen molar-refractivity contribution in [3.63, 3.8) is 0 Å². The first-order chi connectivity index (χ1) is 5.84. The molecule has 0 aromatic heterocycles. The van der Waals surface area contributed by atoms with Gasteiger partial charge in [0.25, 0.3) is 0 Å². The first kappa shape index (κ1) is 12.7. The second-order valence-electron chi connectivity index (χ2n) is 3.80. The van der Waals surface area contributed by atoms with Gasteiger partial charge in [0.1, 0.15) is 0 Å². The normalized spacial score (nSPS) is 19.3. The van der Waals surface area contributed by atoms with Gasteiger partial charge in [-0.3, -0.25) is 4.90 Å². The number of hydrogen-bond acceptors (Lipinski definition) is 1. The Morgan fingerprint density at radius 3 is 2.38 bits per heavy atom. The van der Waals surface area contributed by atoms with E-state index >= 15 is 0 Å². The van der Waals surface area contributed by atoms with Crippen LogP contribution in [0.1, 0.15) is 39.0 Å². The molecule has 0 amide bonds. The van der Waals surface area contributed by atoms with Gasteiger partial charge >= 0.3 is 0 Å². The lowest BCUT2D eigenvalue weighted by Crippen LogP contribution is -2.33. The van der Waals surface area contributed by atoms with Gasteiger partial charge in [-0.05, 0) is 26.8 Å². The maximum atomic E-state index is 2.49. The number of nitrogens with zero attached hydrogens (tertiary/aromatic N) is 1. The quantitative estimate of drug-likeness (QED) is 0.619. The van der Waals surface area contributed by atoms with E-state index in [4.69, 9.17) is 0 Å². The van der Waals surface area contributed by atoms with Crippen LogP contribution in [-0.4, -0.2) is 30.0 Å². The highest BCUT2D eigenvalue weighted by Gasteiger charge is 2.16. The fraction of sp³-hybridized carbons (Fsp3) is 0.818. The van der Waals surface area contributed by atoms with Crippen molar-refractivity contribution in [3.8, 4) is 0 Å². The molecule has 0 aliphatic heterocycles. The van der Waals surface area contributed by atoms with E-state index in [1.54, 1.807) is 0 Å². The second-order valence-corrected chi connectivity index (χ2v) is 3.80. The van der Waals surface area contributed by atoms with Crippen molar-refractivity contribution in [2.45, 2.75) is 45.1 Å².